The summed E-state index contributed by atoms with van der Waals surface area (Å²) >= 11 is 0. The number of piperidine rings is 4. The number of nitrogens with two attached hydrogens (primary N) is 2. The molecule has 0 spiro atoms. The van der Waals surface area contributed by atoms with E-state index in [2.05, 4.69) is 50.3 Å². The smallest absolute Gasteiger partial charge is 0.254 e. The average Bonchev–Trinajstić information content (AvgIpc) is 4.02. The van der Waals surface area contributed by atoms with E-state index in [1.807, 2.05) is 18.0 Å². The van der Waals surface area contributed by atoms with Crippen molar-refractivity contribution in [3.63, 3.8) is 0 Å². The molecule has 1 aliphatic carbocycles. The highest BCUT2D eigenvalue weighted by atomic mass is 16.5. The number of phenols is 1. The number of likely N-dealkylation sites (N-methyl/N-ethyl adjacent to an activating group) is 1. The van der Waals surface area contributed by atoms with Gasteiger partial charge in [-0.2, -0.15) is 0 Å². The van der Waals surface area contributed by atoms with Crippen LogP contribution in [-0.4, -0.2) is 108 Å². The van der Waals surface area contributed by atoms with Crippen LogP contribution in [0.15, 0.2) is 72.6 Å². The lowest BCUT2D eigenvalue weighted by Gasteiger charge is -2.46. The van der Waals surface area contributed by atoms with E-state index in [-0.39, 0.29) is 35.6 Å². The molecule has 4 heterocycles. The highest BCUT2D eigenvalue weighted by Crippen LogP contribution is 2.38. The SMILES string of the molecule is CN(C(=O)C1(OC2CC2)CCN(C(/C=C(\N)c2ccccc2O)=C/N)CC1)C1CCN(CC2CCN(c3ccccc3)CC2)CC1.O=C1CCCC(=O)N1. The highest BCUT2D eigenvalue weighted by Gasteiger charge is 2.48. The van der Waals surface area contributed by atoms with E-state index < -0.39 is 5.60 Å². The Kier molecular flexibility index (Phi) is 13.2. The van der Waals surface area contributed by atoms with Gasteiger partial charge >= 0.3 is 0 Å². The number of para-hydroxylation sites is 2. The molecule has 1 saturated carbocycles. The standard InChI is InChI=1S/C37H52N6O3.C5H7NO2/c1-40(29-15-19-41(20-16-29)27-28-13-21-42(22-14-28)30-7-3-2-4-8-30)36(45)37(46-32-11-12-32)17-23-43(24-18-37)31(26-38)25-34(39)33-9-5-6-10-35(33)44;7-4-2-1-3-5(8)6-4/h2-10,25-26,28-29,32,44H,11-24,27,38-39H2,1H3;1-3H2,(H,6,7,8)/b31-26+,34-25-;. The largest absolute Gasteiger partial charge is 0.507 e. The summed E-state index contributed by atoms with van der Waals surface area (Å²) < 4.78 is 6.60. The maximum atomic E-state index is 14.2. The number of anilines is 1. The summed E-state index contributed by atoms with van der Waals surface area (Å²) in [5.41, 5.74) is 14.7. The lowest BCUT2D eigenvalue weighted by molar-refractivity contribution is -0.169. The number of aromatic hydroxyl groups is 1. The van der Waals surface area contributed by atoms with E-state index in [1.165, 1.54) is 18.5 Å². The maximum absolute atomic E-state index is 14.2. The van der Waals surface area contributed by atoms with Crippen molar-refractivity contribution in [2.75, 3.05) is 57.8 Å². The number of phenolic OH excluding ortho intramolecular Hbond substituents is 1. The second kappa shape index (κ2) is 18.2. The first kappa shape index (κ1) is 39.2. The number of hydrogen-bond donors (Lipinski definition) is 4. The topological polar surface area (TPSA) is 158 Å². The van der Waals surface area contributed by atoms with Crippen LogP contribution in [0.2, 0.25) is 0 Å². The van der Waals surface area contributed by atoms with Crippen molar-refractivity contribution in [3.8, 4) is 5.75 Å². The molecule has 0 bridgehead atoms. The van der Waals surface area contributed by atoms with Gasteiger partial charge in [0.2, 0.25) is 11.8 Å². The van der Waals surface area contributed by atoms with E-state index in [1.54, 1.807) is 30.5 Å². The van der Waals surface area contributed by atoms with Gasteiger partial charge in [-0.3, -0.25) is 19.7 Å². The van der Waals surface area contributed by atoms with Gasteiger partial charge in [-0.1, -0.05) is 30.3 Å². The Bertz CT molecular complexity index is 1620. The molecule has 12 nitrogen and oxygen atoms in total. The first-order chi connectivity index (χ1) is 26.1. The first-order valence-corrected chi connectivity index (χ1v) is 19.9. The Balaban J connectivity index is 0.000000552. The molecule has 5 fully saturated rings. The molecule has 12 heteroatoms. The van der Waals surface area contributed by atoms with Crippen molar-refractivity contribution in [1.29, 1.82) is 0 Å². The van der Waals surface area contributed by atoms with Crippen molar-refractivity contribution in [1.82, 2.24) is 20.0 Å². The summed E-state index contributed by atoms with van der Waals surface area (Å²) in [5, 5.41) is 12.4. The molecular weight excluding hydrogens is 683 g/mol. The third-order valence-electron chi connectivity index (χ3n) is 11.7. The van der Waals surface area contributed by atoms with Crippen LogP contribution < -0.4 is 21.7 Å². The van der Waals surface area contributed by atoms with E-state index in [4.69, 9.17) is 16.2 Å². The number of nitrogens with zero attached hydrogens (tertiary/aromatic N) is 4. The molecule has 4 aliphatic heterocycles. The Labute approximate surface area is 320 Å². The zero-order valence-corrected chi connectivity index (χ0v) is 31.8. The zero-order valence-electron chi connectivity index (χ0n) is 31.8. The van der Waals surface area contributed by atoms with Gasteiger partial charge in [0.05, 0.1) is 11.8 Å². The van der Waals surface area contributed by atoms with Crippen LogP contribution in [0.25, 0.3) is 5.70 Å². The summed E-state index contributed by atoms with van der Waals surface area (Å²) in [6.45, 7) is 6.79. The predicted octanol–water partition coefficient (Wildman–Crippen LogP) is 4.16. The number of nitrogens with one attached hydrogen (secondary N) is 1. The Morgan fingerprint density at radius 1 is 0.907 bits per heavy atom. The van der Waals surface area contributed by atoms with Crippen LogP contribution in [0.1, 0.15) is 76.2 Å². The molecule has 54 heavy (non-hydrogen) atoms. The molecule has 4 saturated heterocycles. The van der Waals surface area contributed by atoms with Crippen LogP contribution >= 0.6 is 0 Å². The number of imide groups is 1. The third-order valence-corrected chi connectivity index (χ3v) is 11.7. The van der Waals surface area contributed by atoms with Crippen molar-refractivity contribution >= 4 is 29.1 Å². The number of amides is 3. The quantitative estimate of drug-likeness (QED) is 0.206. The highest BCUT2D eigenvalue weighted by molar-refractivity contribution is 5.97. The number of benzene rings is 2. The molecule has 292 valence electrons. The molecule has 6 N–H and O–H groups in total. The van der Waals surface area contributed by atoms with E-state index >= 15 is 0 Å². The normalized spacial score (nSPS) is 21.9. The molecule has 7 rings (SSSR count). The van der Waals surface area contributed by atoms with Gasteiger partial charge in [0.1, 0.15) is 5.75 Å². The number of carbonyl (C=O) groups is 3. The van der Waals surface area contributed by atoms with Crippen LogP contribution in [-0.2, 0) is 19.1 Å². The number of allylic oxidation sites excluding steroid dienone is 1. The molecule has 0 radical (unpaired) electrons. The monoisotopic (exact) mass is 741 g/mol. The number of ether oxygens (including phenoxy) is 1. The zero-order chi connectivity index (χ0) is 38.1. The van der Waals surface area contributed by atoms with Crippen LogP contribution in [0, 0.1) is 5.92 Å². The van der Waals surface area contributed by atoms with Gasteiger partial charge in [0.25, 0.3) is 5.91 Å². The van der Waals surface area contributed by atoms with E-state index in [9.17, 15) is 19.5 Å². The van der Waals surface area contributed by atoms with Crippen molar-refractivity contribution in [3.05, 3.63) is 78.1 Å². The summed E-state index contributed by atoms with van der Waals surface area (Å²) in [7, 11) is 1.99. The fourth-order valence-corrected chi connectivity index (χ4v) is 8.26. The summed E-state index contributed by atoms with van der Waals surface area (Å²) in [6, 6.07) is 18.0. The minimum atomic E-state index is -0.803. The molecular formula is C42H59N7O5. The van der Waals surface area contributed by atoms with Gasteiger partial charge in [0, 0.05) is 108 Å². The van der Waals surface area contributed by atoms with Gasteiger partial charge in [-0.25, -0.2) is 0 Å². The number of rotatable bonds is 10. The fourth-order valence-electron chi connectivity index (χ4n) is 8.26. The van der Waals surface area contributed by atoms with Crippen molar-refractivity contribution < 1.29 is 24.2 Å². The molecule has 0 aromatic heterocycles. The average molecular weight is 742 g/mol. The predicted molar refractivity (Wildman–Crippen MR) is 211 cm³/mol. The van der Waals surface area contributed by atoms with Crippen molar-refractivity contribution in [2.24, 2.45) is 17.4 Å². The van der Waals surface area contributed by atoms with Crippen LogP contribution in [0.5, 0.6) is 5.75 Å². The molecule has 2 aromatic rings. The number of hydrogen-bond acceptors (Lipinski definition) is 10. The van der Waals surface area contributed by atoms with E-state index in [0.717, 1.165) is 70.0 Å². The Hall–Kier alpha value is -4.55. The summed E-state index contributed by atoms with van der Waals surface area (Å²) in [5.74, 6) is 0.731. The van der Waals surface area contributed by atoms with Gasteiger partial charge < -0.3 is 40.9 Å². The number of likely N-dealkylation sites (tertiary alicyclic amines) is 2. The van der Waals surface area contributed by atoms with E-state index in [0.29, 0.717) is 56.5 Å². The Morgan fingerprint density at radius 3 is 2.11 bits per heavy atom. The maximum Gasteiger partial charge on any atom is 0.254 e. The van der Waals surface area contributed by atoms with Gasteiger partial charge in [-0.15, -0.1) is 0 Å². The second-order valence-electron chi connectivity index (χ2n) is 15.5. The molecule has 0 unspecified atom stereocenters. The van der Waals surface area contributed by atoms with Crippen LogP contribution in [0.4, 0.5) is 5.69 Å². The second-order valence-corrected chi connectivity index (χ2v) is 15.5. The summed E-state index contributed by atoms with van der Waals surface area (Å²) in [4.78, 5) is 44.2. The van der Waals surface area contributed by atoms with Crippen LogP contribution in [0.3, 0.4) is 0 Å². The fraction of sp³-hybridized carbons (Fsp3) is 0.548. The molecule has 5 aliphatic rings. The minimum Gasteiger partial charge on any atom is -0.507 e. The number of carbonyl (C=O) groups excluding carboxylic acids is 3. The minimum absolute atomic E-state index is 0.131. The Morgan fingerprint density at radius 2 is 1.54 bits per heavy atom. The molecule has 3 amide bonds. The van der Waals surface area contributed by atoms with Gasteiger partial charge in [-0.05, 0) is 81.2 Å². The molecule has 2 aromatic carbocycles. The lowest BCUT2D eigenvalue weighted by Crippen LogP contribution is -2.58. The third kappa shape index (κ3) is 10.1. The first-order valence-electron chi connectivity index (χ1n) is 19.9. The summed E-state index contributed by atoms with van der Waals surface area (Å²) in [6.07, 6.45) is 13.0. The molecule has 0 atom stereocenters. The van der Waals surface area contributed by atoms with Gasteiger partial charge in [0.15, 0.2) is 5.60 Å². The van der Waals surface area contributed by atoms with Crippen molar-refractivity contribution in [2.45, 2.75) is 88.4 Å². The lowest BCUT2D eigenvalue weighted by atomic mass is 9.87.